The molecule has 1 aliphatic carbocycles. The third-order valence-electron chi connectivity index (χ3n) is 4.55. The molecule has 1 heteroatoms. The summed E-state index contributed by atoms with van der Waals surface area (Å²) in [6.07, 6.45) is 15.5. The normalized spacial score (nSPS) is 18.4. The molecule has 0 radical (unpaired) electrons. The Kier molecular flexibility index (Phi) is 6.46. The lowest BCUT2D eigenvalue weighted by atomic mass is 9.93. The Morgan fingerprint density at radius 1 is 1.00 bits per heavy atom. The lowest BCUT2D eigenvalue weighted by molar-refractivity contribution is 1.06. The fourth-order valence-electron chi connectivity index (χ4n) is 3.16. The molecule has 3 rings (SSSR count). The Bertz CT molecular complexity index is 934. The van der Waals surface area contributed by atoms with Gasteiger partial charge in [-0.05, 0) is 54.0 Å². The Labute approximate surface area is 162 Å². The fourth-order valence-corrected chi connectivity index (χ4v) is 3.16. The molecular weight excluding hydrogens is 326 g/mol. The molecule has 0 atom stereocenters. The van der Waals surface area contributed by atoms with Gasteiger partial charge in [-0.1, -0.05) is 72.8 Å². The van der Waals surface area contributed by atoms with Crippen molar-refractivity contribution in [2.45, 2.75) is 13.3 Å². The van der Waals surface area contributed by atoms with Gasteiger partial charge in [0.05, 0.1) is 0 Å². The van der Waals surface area contributed by atoms with Crippen molar-refractivity contribution in [3.05, 3.63) is 126 Å². The smallest absolute Gasteiger partial charge is 0.0450 e. The van der Waals surface area contributed by atoms with Gasteiger partial charge in [0.2, 0.25) is 0 Å². The second-order valence-electron chi connectivity index (χ2n) is 6.33. The number of hydrogen-bond acceptors (Lipinski definition) is 1. The molecule has 0 heterocycles. The van der Waals surface area contributed by atoms with Gasteiger partial charge >= 0.3 is 0 Å². The first-order valence-corrected chi connectivity index (χ1v) is 9.29. The van der Waals surface area contributed by atoms with Crippen LogP contribution in [0.4, 0.5) is 5.69 Å². The molecule has 134 valence electrons. The van der Waals surface area contributed by atoms with E-state index in [-0.39, 0.29) is 0 Å². The Hall–Kier alpha value is -3.28. The zero-order chi connectivity index (χ0) is 18.9. The molecule has 0 aliphatic heterocycles. The van der Waals surface area contributed by atoms with Crippen LogP contribution in [0.15, 0.2) is 120 Å². The van der Waals surface area contributed by atoms with Crippen molar-refractivity contribution in [2.24, 2.45) is 0 Å². The highest BCUT2D eigenvalue weighted by atomic mass is 15.1. The van der Waals surface area contributed by atoms with E-state index in [0.717, 1.165) is 6.42 Å². The maximum atomic E-state index is 3.24. The van der Waals surface area contributed by atoms with E-state index in [4.69, 9.17) is 0 Å². The van der Waals surface area contributed by atoms with E-state index in [1.54, 1.807) is 0 Å². The number of likely N-dealkylation sites (N-methyl/N-ethyl adjacent to an activating group) is 1. The van der Waals surface area contributed by atoms with Gasteiger partial charge in [-0.2, -0.15) is 0 Å². The van der Waals surface area contributed by atoms with Gasteiger partial charge in [-0.15, -0.1) is 5.73 Å². The van der Waals surface area contributed by atoms with Crippen LogP contribution in [0.5, 0.6) is 0 Å². The van der Waals surface area contributed by atoms with Crippen molar-refractivity contribution < 1.29 is 0 Å². The average Bonchev–Trinajstić information content (AvgIpc) is 2.70. The van der Waals surface area contributed by atoms with Crippen LogP contribution >= 0.6 is 0 Å². The zero-order valence-corrected chi connectivity index (χ0v) is 16.0. The number of allylic oxidation sites excluding steroid dienone is 8. The number of benzene rings is 2. The van der Waals surface area contributed by atoms with E-state index in [2.05, 4.69) is 109 Å². The molecule has 0 unspecified atom stereocenters. The topological polar surface area (TPSA) is 3.24 Å². The number of para-hydroxylation sites is 1. The number of hydrogen-bond donors (Lipinski definition) is 0. The van der Waals surface area contributed by atoms with Crippen molar-refractivity contribution in [1.82, 2.24) is 0 Å². The molecule has 0 bridgehead atoms. The molecule has 0 amide bonds. The molecule has 0 saturated heterocycles. The molecule has 2 aromatic carbocycles. The average molecular weight is 351 g/mol. The highest BCUT2D eigenvalue weighted by molar-refractivity contribution is 5.82. The van der Waals surface area contributed by atoms with E-state index in [1.165, 1.54) is 28.1 Å². The van der Waals surface area contributed by atoms with Crippen LogP contribution in [0.25, 0.3) is 5.57 Å². The summed E-state index contributed by atoms with van der Waals surface area (Å²) in [5, 5.41) is 0. The van der Waals surface area contributed by atoms with Crippen molar-refractivity contribution in [3.63, 3.8) is 0 Å². The molecule has 0 fully saturated rings. The van der Waals surface area contributed by atoms with Gasteiger partial charge in [0.25, 0.3) is 0 Å². The van der Waals surface area contributed by atoms with Gasteiger partial charge in [0.1, 0.15) is 0 Å². The van der Waals surface area contributed by atoms with Crippen LogP contribution in [-0.4, -0.2) is 7.05 Å². The molecule has 0 spiro atoms. The molecule has 27 heavy (non-hydrogen) atoms. The lowest BCUT2D eigenvalue weighted by Gasteiger charge is -2.26. The second kappa shape index (κ2) is 9.43. The van der Waals surface area contributed by atoms with E-state index in [9.17, 15) is 0 Å². The van der Waals surface area contributed by atoms with Crippen LogP contribution in [0, 0.1) is 0 Å². The van der Waals surface area contributed by atoms with E-state index in [1.807, 2.05) is 19.1 Å². The summed E-state index contributed by atoms with van der Waals surface area (Å²) >= 11 is 0. The van der Waals surface area contributed by atoms with Gasteiger partial charge in [-0.3, -0.25) is 0 Å². The van der Waals surface area contributed by atoms with Crippen LogP contribution in [0.3, 0.4) is 0 Å². The standard InChI is InChI=1S/C26H25N/c1-3-4-21-26(27(2)23-17-11-8-12-18-23)25-20-14-6-5-13-19-24(25)22-15-9-7-10-16-22/h3-5,7-19,21H,20H2,1-2H3/b4-3-,19-13-,25-24+,26-21-. The highest BCUT2D eigenvalue weighted by Gasteiger charge is 2.16. The predicted molar refractivity (Wildman–Crippen MR) is 118 cm³/mol. The second-order valence-corrected chi connectivity index (χ2v) is 6.33. The third-order valence-corrected chi connectivity index (χ3v) is 4.55. The van der Waals surface area contributed by atoms with Gasteiger partial charge in [-0.25, -0.2) is 0 Å². The van der Waals surface area contributed by atoms with Crippen LogP contribution in [0.1, 0.15) is 18.9 Å². The predicted octanol–water partition coefficient (Wildman–Crippen LogP) is 6.71. The Morgan fingerprint density at radius 3 is 2.41 bits per heavy atom. The summed E-state index contributed by atoms with van der Waals surface area (Å²) in [5.74, 6) is 0. The monoisotopic (exact) mass is 351 g/mol. The summed E-state index contributed by atoms with van der Waals surface area (Å²) in [6.45, 7) is 2.05. The van der Waals surface area contributed by atoms with Crippen LogP contribution in [-0.2, 0) is 0 Å². The summed E-state index contributed by atoms with van der Waals surface area (Å²) in [7, 11) is 2.13. The SMILES string of the molecule is C\C=C/C=C(/C1=C(c2ccccc2)\C=C/C=C=CC1)N(C)c1ccccc1. The minimum Gasteiger partial charge on any atom is -0.344 e. The first-order chi connectivity index (χ1) is 13.3. The largest absolute Gasteiger partial charge is 0.344 e. The summed E-state index contributed by atoms with van der Waals surface area (Å²) in [4.78, 5) is 2.26. The summed E-state index contributed by atoms with van der Waals surface area (Å²) in [6, 6.07) is 21.1. The van der Waals surface area contributed by atoms with Crippen molar-refractivity contribution in [2.75, 3.05) is 11.9 Å². The summed E-state index contributed by atoms with van der Waals surface area (Å²) in [5.41, 5.74) is 9.33. The van der Waals surface area contributed by atoms with Gasteiger partial charge in [0, 0.05) is 24.9 Å². The lowest BCUT2D eigenvalue weighted by Crippen LogP contribution is -2.18. The van der Waals surface area contributed by atoms with E-state index in [0.29, 0.717) is 0 Å². The number of anilines is 1. The minimum absolute atomic E-state index is 0.825. The van der Waals surface area contributed by atoms with Crippen LogP contribution in [0.2, 0.25) is 0 Å². The van der Waals surface area contributed by atoms with Crippen molar-refractivity contribution in [1.29, 1.82) is 0 Å². The highest BCUT2D eigenvalue weighted by Crippen LogP contribution is 2.32. The Balaban J connectivity index is 2.18. The molecular formula is C26H25N. The number of rotatable bonds is 5. The minimum atomic E-state index is 0.825. The Morgan fingerprint density at radius 2 is 1.70 bits per heavy atom. The quantitative estimate of drug-likeness (QED) is 0.427. The maximum Gasteiger partial charge on any atom is 0.0450 e. The maximum absolute atomic E-state index is 3.24. The molecule has 0 N–H and O–H groups in total. The molecule has 2 aromatic rings. The number of nitrogens with zero attached hydrogens (tertiary/aromatic N) is 1. The molecule has 1 nitrogen and oxygen atoms in total. The van der Waals surface area contributed by atoms with Gasteiger partial charge in [0.15, 0.2) is 0 Å². The van der Waals surface area contributed by atoms with E-state index >= 15 is 0 Å². The molecule has 0 aromatic heterocycles. The van der Waals surface area contributed by atoms with Gasteiger partial charge < -0.3 is 4.90 Å². The third kappa shape index (κ3) is 4.67. The molecule has 1 aliphatic rings. The first-order valence-electron chi connectivity index (χ1n) is 9.29. The first kappa shape index (κ1) is 18.5. The van der Waals surface area contributed by atoms with Crippen molar-refractivity contribution >= 4 is 11.3 Å². The fraction of sp³-hybridized carbons (Fsp3) is 0.115. The van der Waals surface area contributed by atoms with Crippen molar-refractivity contribution in [3.8, 4) is 0 Å². The summed E-state index contributed by atoms with van der Waals surface area (Å²) < 4.78 is 0. The molecule has 0 saturated carbocycles. The van der Waals surface area contributed by atoms with Crippen LogP contribution < -0.4 is 4.90 Å². The zero-order valence-electron chi connectivity index (χ0n) is 16.0. The van der Waals surface area contributed by atoms with E-state index < -0.39 is 0 Å².